The summed E-state index contributed by atoms with van der Waals surface area (Å²) in [6.45, 7) is 0. The first-order chi connectivity index (χ1) is 8.75. The number of anilines is 1. The molecule has 0 saturated carbocycles. The quantitative estimate of drug-likeness (QED) is 0.805. The van der Waals surface area contributed by atoms with E-state index < -0.39 is 5.97 Å². The van der Waals surface area contributed by atoms with Crippen LogP contribution in [-0.2, 0) is 4.79 Å². The molecular weight excluding hydrogens is 226 g/mol. The fourth-order valence-electron chi connectivity index (χ4n) is 1.61. The molecule has 0 atom stereocenters. The third-order valence-corrected chi connectivity index (χ3v) is 2.41. The van der Waals surface area contributed by atoms with Crippen molar-refractivity contribution in [3.8, 4) is 0 Å². The molecule has 0 aliphatic rings. The van der Waals surface area contributed by atoms with Gasteiger partial charge in [0.2, 0.25) is 0 Å². The molecular formula is C15H13NO2. The van der Waals surface area contributed by atoms with Crippen LogP contribution in [-0.4, -0.2) is 11.1 Å². The Bertz CT molecular complexity index is 547. The lowest BCUT2D eigenvalue weighted by Gasteiger charge is -2.10. The number of carboxylic acid groups (broad SMARTS) is 1. The first-order valence-electron chi connectivity index (χ1n) is 5.58. The summed E-state index contributed by atoms with van der Waals surface area (Å²) >= 11 is 0. The molecule has 0 amide bonds. The molecule has 2 aromatic rings. The second kappa shape index (κ2) is 5.68. The largest absolute Gasteiger partial charge is 0.478 e. The van der Waals surface area contributed by atoms with Crippen molar-refractivity contribution in [2.24, 2.45) is 0 Å². The molecule has 18 heavy (non-hydrogen) atoms. The number of aliphatic carboxylic acids is 1. The third kappa shape index (κ3) is 3.22. The van der Waals surface area contributed by atoms with E-state index in [1.807, 2.05) is 60.7 Å². The van der Waals surface area contributed by atoms with Gasteiger partial charge in [-0.25, -0.2) is 4.79 Å². The molecule has 0 aromatic heterocycles. The second-order valence-electron chi connectivity index (χ2n) is 3.75. The average Bonchev–Trinajstić information content (AvgIpc) is 2.40. The zero-order valence-electron chi connectivity index (χ0n) is 9.71. The molecule has 3 heteroatoms. The minimum absolute atomic E-state index is 0.564. The van der Waals surface area contributed by atoms with E-state index in [2.05, 4.69) is 5.32 Å². The monoisotopic (exact) mass is 239 g/mol. The Labute approximate surface area is 105 Å². The highest BCUT2D eigenvalue weighted by Gasteiger charge is 2.03. The number of hydrogen-bond donors (Lipinski definition) is 2. The Morgan fingerprint density at radius 3 is 2.06 bits per heavy atom. The van der Waals surface area contributed by atoms with Crippen LogP contribution >= 0.6 is 0 Å². The third-order valence-electron chi connectivity index (χ3n) is 2.41. The van der Waals surface area contributed by atoms with Crippen molar-refractivity contribution in [3.05, 3.63) is 72.3 Å². The van der Waals surface area contributed by atoms with Crippen LogP contribution in [0.1, 0.15) is 5.56 Å². The van der Waals surface area contributed by atoms with Gasteiger partial charge in [-0.05, 0) is 17.7 Å². The van der Waals surface area contributed by atoms with Crippen molar-refractivity contribution < 1.29 is 9.90 Å². The van der Waals surface area contributed by atoms with E-state index in [9.17, 15) is 4.79 Å². The predicted molar refractivity (Wildman–Crippen MR) is 72.1 cm³/mol. The van der Waals surface area contributed by atoms with Gasteiger partial charge in [0.1, 0.15) is 0 Å². The van der Waals surface area contributed by atoms with Crippen molar-refractivity contribution in [2.75, 3.05) is 5.32 Å². The summed E-state index contributed by atoms with van der Waals surface area (Å²) in [4.78, 5) is 10.9. The van der Waals surface area contributed by atoms with Gasteiger partial charge < -0.3 is 10.4 Å². The van der Waals surface area contributed by atoms with Gasteiger partial charge in [-0.15, -0.1) is 0 Å². The van der Waals surface area contributed by atoms with E-state index in [4.69, 9.17) is 5.11 Å². The summed E-state index contributed by atoms with van der Waals surface area (Å²) in [6.07, 6.45) is 1.17. The lowest BCUT2D eigenvalue weighted by Crippen LogP contribution is -2.02. The fourth-order valence-corrected chi connectivity index (χ4v) is 1.61. The molecule has 90 valence electrons. The highest BCUT2D eigenvalue weighted by Crippen LogP contribution is 2.17. The number of para-hydroxylation sites is 1. The summed E-state index contributed by atoms with van der Waals surface area (Å²) in [7, 11) is 0. The Morgan fingerprint density at radius 2 is 1.50 bits per heavy atom. The van der Waals surface area contributed by atoms with E-state index in [1.165, 1.54) is 6.08 Å². The maximum atomic E-state index is 10.9. The van der Waals surface area contributed by atoms with E-state index in [0.29, 0.717) is 5.70 Å². The maximum Gasteiger partial charge on any atom is 0.330 e. The molecule has 0 unspecified atom stereocenters. The van der Waals surface area contributed by atoms with Gasteiger partial charge in [-0.3, -0.25) is 0 Å². The van der Waals surface area contributed by atoms with Gasteiger partial charge in [-0.1, -0.05) is 48.5 Å². The van der Waals surface area contributed by atoms with Crippen molar-refractivity contribution in [2.45, 2.75) is 0 Å². The number of benzene rings is 2. The van der Waals surface area contributed by atoms with E-state index >= 15 is 0 Å². The molecule has 0 saturated heterocycles. The van der Waals surface area contributed by atoms with Crippen LogP contribution in [0.4, 0.5) is 5.69 Å². The summed E-state index contributed by atoms with van der Waals surface area (Å²) < 4.78 is 0. The molecule has 0 radical (unpaired) electrons. The maximum absolute atomic E-state index is 10.9. The van der Waals surface area contributed by atoms with Crippen molar-refractivity contribution >= 4 is 17.4 Å². The number of rotatable bonds is 4. The minimum atomic E-state index is -0.975. The van der Waals surface area contributed by atoms with Crippen molar-refractivity contribution in [1.82, 2.24) is 0 Å². The van der Waals surface area contributed by atoms with Crippen LogP contribution in [0, 0.1) is 0 Å². The zero-order valence-corrected chi connectivity index (χ0v) is 9.71. The molecule has 2 rings (SSSR count). The highest BCUT2D eigenvalue weighted by atomic mass is 16.4. The first kappa shape index (κ1) is 11.9. The first-order valence-corrected chi connectivity index (χ1v) is 5.58. The van der Waals surface area contributed by atoms with Crippen LogP contribution in [0.3, 0.4) is 0 Å². The molecule has 0 spiro atoms. The Morgan fingerprint density at radius 1 is 0.944 bits per heavy atom. The molecule has 0 aliphatic carbocycles. The summed E-state index contributed by atoms with van der Waals surface area (Å²) in [5, 5.41) is 12.0. The zero-order chi connectivity index (χ0) is 12.8. The Hall–Kier alpha value is -2.55. The number of nitrogens with one attached hydrogen (secondary N) is 1. The van der Waals surface area contributed by atoms with Gasteiger partial charge in [0.05, 0.1) is 5.70 Å². The van der Waals surface area contributed by atoms with Crippen LogP contribution in [0.15, 0.2) is 66.7 Å². The van der Waals surface area contributed by atoms with Crippen LogP contribution < -0.4 is 5.32 Å². The molecule has 0 heterocycles. The lowest BCUT2D eigenvalue weighted by molar-refractivity contribution is -0.131. The minimum Gasteiger partial charge on any atom is -0.478 e. The van der Waals surface area contributed by atoms with Gasteiger partial charge in [0.15, 0.2) is 0 Å². The molecule has 0 aliphatic heterocycles. The fraction of sp³-hybridized carbons (Fsp3) is 0. The van der Waals surface area contributed by atoms with Crippen molar-refractivity contribution in [3.63, 3.8) is 0 Å². The normalized spacial score (nSPS) is 11.0. The van der Waals surface area contributed by atoms with E-state index in [0.717, 1.165) is 11.3 Å². The lowest BCUT2D eigenvalue weighted by atomic mass is 10.1. The highest BCUT2D eigenvalue weighted by molar-refractivity contribution is 5.93. The number of hydrogen-bond acceptors (Lipinski definition) is 2. The standard InChI is InChI=1S/C15H13NO2/c17-15(18)11-14(12-7-3-1-4-8-12)16-13-9-5-2-6-10-13/h1-11,16H,(H,17,18)/b14-11-. The smallest absolute Gasteiger partial charge is 0.330 e. The van der Waals surface area contributed by atoms with Gasteiger partial charge in [0.25, 0.3) is 0 Å². The predicted octanol–water partition coefficient (Wildman–Crippen LogP) is 3.22. The average molecular weight is 239 g/mol. The summed E-state index contributed by atoms with van der Waals surface area (Å²) in [5.41, 5.74) is 2.26. The van der Waals surface area contributed by atoms with Crippen LogP contribution in [0.2, 0.25) is 0 Å². The molecule has 0 fully saturated rings. The van der Waals surface area contributed by atoms with E-state index in [1.54, 1.807) is 0 Å². The van der Waals surface area contributed by atoms with Gasteiger partial charge in [-0.2, -0.15) is 0 Å². The molecule has 2 N–H and O–H groups in total. The Kier molecular flexibility index (Phi) is 3.76. The number of carbonyl (C=O) groups is 1. The van der Waals surface area contributed by atoms with Gasteiger partial charge >= 0.3 is 5.97 Å². The van der Waals surface area contributed by atoms with Crippen LogP contribution in [0.5, 0.6) is 0 Å². The molecule has 2 aromatic carbocycles. The molecule has 3 nitrogen and oxygen atoms in total. The van der Waals surface area contributed by atoms with Crippen molar-refractivity contribution in [1.29, 1.82) is 0 Å². The molecule has 0 bridgehead atoms. The SMILES string of the molecule is O=C(O)/C=C(\Nc1ccccc1)c1ccccc1. The summed E-state index contributed by atoms with van der Waals surface area (Å²) in [5.74, 6) is -0.975. The second-order valence-corrected chi connectivity index (χ2v) is 3.75. The Balaban J connectivity index is 2.31. The number of carboxylic acids is 1. The van der Waals surface area contributed by atoms with E-state index in [-0.39, 0.29) is 0 Å². The van der Waals surface area contributed by atoms with Gasteiger partial charge in [0, 0.05) is 11.8 Å². The van der Waals surface area contributed by atoms with Crippen LogP contribution in [0.25, 0.3) is 5.70 Å². The summed E-state index contributed by atoms with van der Waals surface area (Å²) in [6, 6.07) is 18.8. The topological polar surface area (TPSA) is 49.3 Å².